The lowest BCUT2D eigenvalue weighted by Crippen LogP contribution is -2.50. The van der Waals surface area contributed by atoms with Crippen molar-refractivity contribution in [3.05, 3.63) is 42.0 Å². The highest BCUT2D eigenvalue weighted by Crippen LogP contribution is 2.13. The Hall–Kier alpha value is -1.81. The second-order valence-electron chi connectivity index (χ2n) is 7.81. The number of hydrogen-bond acceptors (Lipinski definition) is 4. The number of benzene rings is 1. The Morgan fingerprint density at radius 2 is 1.90 bits per heavy atom. The molecule has 1 aliphatic rings. The Labute approximate surface area is 198 Å². The van der Waals surface area contributed by atoms with Crippen LogP contribution < -0.4 is 15.4 Å². The number of carbonyl (C=O) groups is 1. The van der Waals surface area contributed by atoms with Crippen molar-refractivity contribution in [1.82, 2.24) is 20.4 Å². The van der Waals surface area contributed by atoms with Gasteiger partial charge < -0.3 is 20.3 Å². The Morgan fingerprint density at radius 1 is 1.27 bits per heavy atom. The van der Waals surface area contributed by atoms with Gasteiger partial charge >= 0.3 is 0 Å². The van der Waals surface area contributed by atoms with Crippen LogP contribution in [0.25, 0.3) is 0 Å². The minimum Gasteiger partial charge on any atom is -0.497 e. The summed E-state index contributed by atoms with van der Waals surface area (Å²) < 4.78 is 5.20. The molecule has 0 atom stereocenters. The molecule has 1 saturated heterocycles. The van der Waals surface area contributed by atoms with E-state index < -0.39 is 0 Å². The number of rotatable bonds is 8. The van der Waals surface area contributed by atoms with E-state index in [1.165, 1.54) is 5.57 Å². The molecule has 30 heavy (non-hydrogen) atoms. The molecule has 0 aromatic heterocycles. The molecule has 168 valence electrons. The number of guanidine groups is 1. The highest BCUT2D eigenvalue weighted by molar-refractivity contribution is 14.0. The minimum absolute atomic E-state index is 0. The van der Waals surface area contributed by atoms with Crippen LogP contribution >= 0.6 is 24.0 Å². The second-order valence-corrected chi connectivity index (χ2v) is 7.81. The molecule has 1 amide bonds. The number of nitrogens with one attached hydrogen (secondary N) is 2. The zero-order chi connectivity index (χ0) is 21.2. The molecule has 2 rings (SSSR count). The maximum Gasteiger partial charge on any atom is 0.241 e. The number of carbonyl (C=O) groups excluding carboxylic acids is 1. The smallest absolute Gasteiger partial charge is 0.241 e. The molecule has 0 unspecified atom stereocenters. The first-order chi connectivity index (χ1) is 13.9. The molecule has 1 aliphatic heterocycles. The fourth-order valence-electron chi connectivity index (χ4n) is 3.18. The Kier molecular flexibility index (Phi) is 11.8. The van der Waals surface area contributed by atoms with Gasteiger partial charge in [0.2, 0.25) is 5.91 Å². The van der Waals surface area contributed by atoms with Crippen LogP contribution in [0.15, 0.2) is 41.4 Å². The van der Waals surface area contributed by atoms with Crippen molar-refractivity contribution in [2.45, 2.75) is 32.4 Å². The average Bonchev–Trinajstić information content (AvgIpc) is 2.71. The summed E-state index contributed by atoms with van der Waals surface area (Å²) in [5.74, 6) is 1.52. The molecular weight excluding hydrogens is 493 g/mol. The monoisotopic (exact) mass is 529 g/mol. The van der Waals surface area contributed by atoms with Crippen molar-refractivity contribution in [3.8, 4) is 5.75 Å². The summed E-state index contributed by atoms with van der Waals surface area (Å²) in [6.45, 7) is 9.85. The molecule has 1 aromatic rings. The van der Waals surface area contributed by atoms with Gasteiger partial charge in [0.05, 0.1) is 20.2 Å². The fraction of sp³-hybridized carbons (Fsp3) is 0.545. The molecule has 7 nitrogen and oxygen atoms in total. The molecule has 0 bridgehead atoms. The first-order valence-electron chi connectivity index (χ1n) is 10.1. The highest BCUT2D eigenvalue weighted by Gasteiger charge is 2.20. The number of likely N-dealkylation sites (N-methyl/N-ethyl adjacent to an activating group) is 1. The summed E-state index contributed by atoms with van der Waals surface area (Å²) in [6, 6.07) is 8.20. The molecule has 0 aliphatic carbocycles. The van der Waals surface area contributed by atoms with Gasteiger partial charge in [-0.1, -0.05) is 24.3 Å². The van der Waals surface area contributed by atoms with E-state index in [1.807, 2.05) is 24.3 Å². The SMILES string of the molecule is C=C(C)CN1CCC(NC(=NCc2ccc(OC)cc2)NCC(=O)N(C)C)CC1.I. The van der Waals surface area contributed by atoms with E-state index in [-0.39, 0.29) is 36.4 Å². The normalized spacial score (nSPS) is 15.1. The third kappa shape index (κ3) is 9.34. The number of methoxy groups -OCH3 is 1. The number of likely N-dealkylation sites (tertiary alicyclic amines) is 1. The second kappa shape index (κ2) is 13.5. The number of amides is 1. The highest BCUT2D eigenvalue weighted by atomic mass is 127. The molecule has 0 radical (unpaired) electrons. The summed E-state index contributed by atoms with van der Waals surface area (Å²) in [4.78, 5) is 20.7. The Morgan fingerprint density at radius 3 is 2.43 bits per heavy atom. The van der Waals surface area contributed by atoms with Gasteiger partial charge in [0.1, 0.15) is 5.75 Å². The van der Waals surface area contributed by atoms with Crippen LogP contribution in [-0.2, 0) is 11.3 Å². The van der Waals surface area contributed by atoms with E-state index in [0.29, 0.717) is 18.5 Å². The van der Waals surface area contributed by atoms with Gasteiger partial charge in [-0.2, -0.15) is 0 Å². The van der Waals surface area contributed by atoms with Crippen molar-refractivity contribution < 1.29 is 9.53 Å². The van der Waals surface area contributed by atoms with Crippen LogP contribution in [0, 0.1) is 0 Å². The van der Waals surface area contributed by atoms with Gasteiger partial charge in [0, 0.05) is 39.8 Å². The fourth-order valence-corrected chi connectivity index (χ4v) is 3.18. The van der Waals surface area contributed by atoms with Crippen molar-refractivity contribution in [2.75, 3.05) is 47.4 Å². The van der Waals surface area contributed by atoms with Crippen molar-refractivity contribution in [2.24, 2.45) is 4.99 Å². The zero-order valence-electron chi connectivity index (χ0n) is 18.6. The molecule has 2 N–H and O–H groups in total. The lowest BCUT2D eigenvalue weighted by molar-refractivity contribution is -0.127. The number of aliphatic imine (C=N–C) groups is 1. The van der Waals surface area contributed by atoms with Gasteiger partial charge in [-0.15, -0.1) is 24.0 Å². The van der Waals surface area contributed by atoms with E-state index in [0.717, 1.165) is 43.8 Å². The topological polar surface area (TPSA) is 69.2 Å². The van der Waals surface area contributed by atoms with E-state index in [4.69, 9.17) is 9.73 Å². The van der Waals surface area contributed by atoms with Gasteiger partial charge in [-0.05, 0) is 37.5 Å². The summed E-state index contributed by atoms with van der Waals surface area (Å²) >= 11 is 0. The molecule has 8 heteroatoms. The molecule has 1 aromatic carbocycles. The van der Waals surface area contributed by atoms with Crippen LogP contribution in [0.3, 0.4) is 0 Å². The third-order valence-electron chi connectivity index (χ3n) is 4.91. The molecular formula is C22H36IN5O2. The number of hydrogen-bond donors (Lipinski definition) is 2. The number of piperidine rings is 1. The largest absolute Gasteiger partial charge is 0.497 e. The average molecular weight is 529 g/mol. The van der Waals surface area contributed by atoms with Crippen molar-refractivity contribution in [3.63, 3.8) is 0 Å². The summed E-state index contributed by atoms with van der Waals surface area (Å²) in [6.07, 6.45) is 2.08. The number of nitrogens with zero attached hydrogens (tertiary/aromatic N) is 3. The van der Waals surface area contributed by atoms with E-state index in [1.54, 1.807) is 26.1 Å². The van der Waals surface area contributed by atoms with Crippen molar-refractivity contribution in [1.29, 1.82) is 0 Å². The molecule has 0 spiro atoms. The van der Waals surface area contributed by atoms with Gasteiger partial charge in [0.25, 0.3) is 0 Å². The summed E-state index contributed by atoms with van der Waals surface area (Å²) in [5.41, 5.74) is 2.28. The molecule has 1 heterocycles. The predicted octanol–water partition coefficient (Wildman–Crippen LogP) is 2.48. The quantitative estimate of drug-likeness (QED) is 0.235. The molecule has 1 fully saturated rings. The van der Waals surface area contributed by atoms with E-state index in [2.05, 4.69) is 29.0 Å². The zero-order valence-corrected chi connectivity index (χ0v) is 20.9. The first kappa shape index (κ1) is 26.2. The lowest BCUT2D eigenvalue weighted by atomic mass is 10.0. The van der Waals surface area contributed by atoms with Gasteiger partial charge in [-0.25, -0.2) is 4.99 Å². The standard InChI is InChI=1S/C22H35N5O2.HI/c1-17(2)16-27-12-10-19(11-13-27)25-22(24-15-21(28)26(3)4)23-14-18-6-8-20(29-5)9-7-18;/h6-9,19H,1,10-16H2,2-5H3,(H2,23,24,25);1H. The maximum atomic E-state index is 12.0. The van der Waals surface area contributed by atoms with E-state index >= 15 is 0 Å². The van der Waals surface area contributed by atoms with Crippen LogP contribution in [0.4, 0.5) is 0 Å². The van der Waals surface area contributed by atoms with Crippen molar-refractivity contribution >= 4 is 35.8 Å². The van der Waals surface area contributed by atoms with Gasteiger partial charge in [-0.3, -0.25) is 9.69 Å². The Bertz CT molecular complexity index is 698. The number of ether oxygens (including phenoxy) is 1. The van der Waals surface area contributed by atoms with E-state index in [9.17, 15) is 4.79 Å². The predicted molar refractivity (Wildman–Crippen MR) is 134 cm³/mol. The van der Waals surface area contributed by atoms with Gasteiger partial charge in [0.15, 0.2) is 5.96 Å². The first-order valence-corrected chi connectivity index (χ1v) is 10.1. The lowest BCUT2D eigenvalue weighted by Gasteiger charge is -2.33. The third-order valence-corrected chi connectivity index (χ3v) is 4.91. The number of halogens is 1. The van der Waals surface area contributed by atoms with Crippen LogP contribution in [0.2, 0.25) is 0 Å². The van der Waals surface area contributed by atoms with Crippen LogP contribution in [-0.4, -0.2) is 75.1 Å². The van der Waals surface area contributed by atoms with Crippen LogP contribution in [0.1, 0.15) is 25.3 Å². The summed E-state index contributed by atoms with van der Waals surface area (Å²) in [7, 11) is 5.16. The molecule has 0 saturated carbocycles. The summed E-state index contributed by atoms with van der Waals surface area (Å²) in [5, 5.41) is 6.69. The van der Waals surface area contributed by atoms with Crippen LogP contribution in [0.5, 0.6) is 5.75 Å². The minimum atomic E-state index is 0. The Balaban J connectivity index is 0.00000450. The maximum absolute atomic E-state index is 12.0.